The number of hydrogen-bond acceptors (Lipinski definition) is 6. The van der Waals surface area contributed by atoms with Crippen LogP contribution in [0.25, 0.3) is 0 Å². The van der Waals surface area contributed by atoms with Gasteiger partial charge in [0.2, 0.25) is 5.95 Å². The second kappa shape index (κ2) is 7.80. The fraction of sp³-hybridized carbons (Fsp3) is 0.250. The van der Waals surface area contributed by atoms with Crippen LogP contribution in [0.1, 0.15) is 5.56 Å². The van der Waals surface area contributed by atoms with Crippen molar-refractivity contribution in [2.75, 3.05) is 41.3 Å². The van der Waals surface area contributed by atoms with Crippen molar-refractivity contribution in [3.05, 3.63) is 65.3 Å². The van der Waals surface area contributed by atoms with Gasteiger partial charge in [0, 0.05) is 42.6 Å². The van der Waals surface area contributed by atoms with Crippen molar-refractivity contribution in [3.63, 3.8) is 0 Å². The average molecular weight is 381 g/mol. The molecule has 2 heterocycles. The molecule has 0 unspecified atom stereocenters. The number of anilines is 4. The first-order valence-corrected chi connectivity index (χ1v) is 9.35. The van der Waals surface area contributed by atoms with Gasteiger partial charge in [-0.05, 0) is 36.8 Å². The maximum atomic E-state index is 6.20. The van der Waals surface area contributed by atoms with Gasteiger partial charge in [-0.1, -0.05) is 35.9 Å². The topological polar surface area (TPSA) is 57.2 Å². The van der Waals surface area contributed by atoms with Crippen LogP contribution in [0.5, 0.6) is 0 Å². The van der Waals surface area contributed by atoms with Crippen molar-refractivity contribution >= 4 is 34.7 Å². The highest BCUT2D eigenvalue weighted by molar-refractivity contribution is 6.31. The second-order valence-electron chi connectivity index (χ2n) is 6.54. The summed E-state index contributed by atoms with van der Waals surface area (Å²) >= 11 is 6.20. The minimum Gasteiger partial charge on any atom is -0.368 e. The van der Waals surface area contributed by atoms with Crippen molar-refractivity contribution in [2.24, 2.45) is 0 Å². The van der Waals surface area contributed by atoms with Crippen molar-refractivity contribution < 1.29 is 0 Å². The summed E-state index contributed by atoms with van der Waals surface area (Å²) in [6.45, 7) is 5.55. The summed E-state index contributed by atoms with van der Waals surface area (Å²) < 4.78 is 0. The fourth-order valence-corrected chi connectivity index (χ4v) is 3.29. The lowest BCUT2D eigenvalue weighted by atomic mass is 10.2. The minimum absolute atomic E-state index is 0.644. The average Bonchev–Trinajstić information content (AvgIpc) is 2.72. The van der Waals surface area contributed by atoms with Crippen LogP contribution in [0.4, 0.5) is 23.1 Å². The molecule has 1 aliphatic heterocycles. The maximum absolute atomic E-state index is 6.20. The van der Waals surface area contributed by atoms with Gasteiger partial charge in [0.05, 0.1) is 6.20 Å². The number of para-hydroxylation sites is 1. The van der Waals surface area contributed by atoms with Gasteiger partial charge in [-0.25, -0.2) is 0 Å². The first-order chi connectivity index (χ1) is 13.2. The first-order valence-electron chi connectivity index (χ1n) is 8.97. The second-order valence-corrected chi connectivity index (χ2v) is 6.95. The number of hydrogen-bond donors (Lipinski definition) is 1. The molecule has 4 rings (SSSR count). The summed E-state index contributed by atoms with van der Waals surface area (Å²) in [6.07, 6.45) is 1.62. The van der Waals surface area contributed by atoms with E-state index in [1.807, 2.05) is 31.2 Å². The summed E-state index contributed by atoms with van der Waals surface area (Å²) in [6, 6.07) is 16.3. The van der Waals surface area contributed by atoms with Gasteiger partial charge in [-0.2, -0.15) is 10.1 Å². The normalized spacial score (nSPS) is 14.3. The summed E-state index contributed by atoms with van der Waals surface area (Å²) in [4.78, 5) is 9.16. The number of nitrogens with zero attached hydrogens (tertiary/aromatic N) is 5. The Kier molecular flexibility index (Phi) is 5.07. The van der Waals surface area contributed by atoms with E-state index in [0.29, 0.717) is 11.8 Å². The van der Waals surface area contributed by atoms with Crippen molar-refractivity contribution in [2.45, 2.75) is 6.92 Å². The van der Waals surface area contributed by atoms with E-state index in [2.05, 4.69) is 54.6 Å². The fourth-order valence-electron chi connectivity index (χ4n) is 3.11. The van der Waals surface area contributed by atoms with E-state index < -0.39 is 0 Å². The molecule has 7 heteroatoms. The SMILES string of the molecule is Cc1ccc(Nc2cnnc(N3CCN(c4ccccc4)CC3)n2)cc1Cl. The summed E-state index contributed by atoms with van der Waals surface area (Å²) in [5.74, 6) is 1.30. The summed E-state index contributed by atoms with van der Waals surface area (Å²) in [5, 5.41) is 12.3. The van der Waals surface area contributed by atoms with Gasteiger partial charge < -0.3 is 15.1 Å². The Morgan fingerprint density at radius 3 is 2.44 bits per heavy atom. The lowest BCUT2D eigenvalue weighted by molar-refractivity contribution is 0.635. The Bertz CT molecular complexity index is 909. The third-order valence-electron chi connectivity index (χ3n) is 4.68. The zero-order chi connectivity index (χ0) is 18.6. The van der Waals surface area contributed by atoms with Gasteiger partial charge >= 0.3 is 0 Å². The van der Waals surface area contributed by atoms with Crippen LogP contribution in [-0.2, 0) is 0 Å². The highest BCUT2D eigenvalue weighted by atomic mass is 35.5. The zero-order valence-corrected chi connectivity index (χ0v) is 15.9. The maximum Gasteiger partial charge on any atom is 0.247 e. The van der Waals surface area contributed by atoms with Crippen molar-refractivity contribution in [1.82, 2.24) is 15.2 Å². The number of rotatable bonds is 4. The Labute approximate surface area is 163 Å². The van der Waals surface area contributed by atoms with Gasteiger partial charge in [-0.3, -0.25) is 0 Å². The Morgan fingerprint density at radius 2 is 1.70 bits per heavy atom. The number of piperazine rings is 1. The molecule has 1 saturated heterocycles. The number of halogens is 1. The van der Waals surface area contributed by atoms with E-state index in [4.69, 9.17) is 11.6 Å². The molecular formula is C20H21ClN6. The summed E-state index contributed by atoms with van der Waals surface area (Å²) in [7, 11) is 0. The molecule has 0 atom stereocenters. The van der Waals surface area contributed by atoms with Gasteiger partial charge in [-0.15, -0.1) is 5.10 Å². The molecule has 1 N–H and O–H groups in total. The highest BCUT2D eigenvalue weighted by Gasteiger charge is 2.19. The quantitative estimate of drug-likeness (QED) is 0.740. The third kappa shape index (κ3) is 4.11. The molecule has 6 nitrogen and oxygen atoms in total. The lowest BCUT2D eigenvalue weighted by Gasteiger charge is -2.35. The molecule has 0 spiro atoms. The number of aromatic nitrogens is 3. The standard InChI is InChI=1S/C20H21ClN6/c1-15-7-8-16(13-18(15)21)23-19-14-22-25-20(24-19)27-11-9-26(10-12-27)17-5-3-2-4-6-17/h2-8,13-14H,9-12H2,1H3,(H,23,24,25). The van der Waals surface area contributed by atoms with Crippen LogP contribution in [0.15, 0.2) is 54.7 Å². The van der Waals surface area contributed by atoms with E-state index in [1.54, 1.807) is 6.20 Å². The zero-order valence-electron chi connectivity index (χ0n) is 15.1. The molecule has 2 aromatic carbocycles. The van der Waals surface area contributed by atoms with Crippen LogP contribution in [0.3, 0.4) is 0 Å². The predicted octanol–water partition coefficient (Wildman–Crippen LogP) is 3.90. The number of aryl methyl sites for hydroxylation is 1. The van der Waals surface area contributed by atoms with E-state index in [1.165, 1.54) is 5.69 Å². The Morgan fingerprint density at radius 1 is 0.963 bits per heavy atom. The number of benzene rings is 2. The lowest BCUT2D eigenvalue weighted by Crippen LogP contribution is -2.47. The van der Waals surface area contributed by atoms with Crippen LogP contribution in [-0.4, -0.2) is 41.4 Å². The highest BCUT2D eigenvalue weighted by Crippen LogP contribution is 2.23. The first kappa shape index (κ1) is 17.5. The monoisotopic (exact) mass is 380 g/mol. The van der Waals surface area contributed by atoms with Gasteiger partial charge in [0.15, 0.2) is 5.82 Å². The van der Waals surface area contributed by atoms with E-state index >= 15 is 0 Å². The molecule has 0 bridgehead atoms. The van der Waals surface area contributed by atoms with Crippen LogP contribution in [0.2, 0.25) is 5.02 Å². The molecule has 0 saturated carbocycles. The number of nitrogens with one attached hydrogen (secondary N) is 1. The van der Waals surface area contributed by atoms with Crippen molar-refractivity contribution in [3.8, 4) is 0 Å². The predicted molar refractivity (Wildman–Crippen MR) is 110 cm³/mol. The minimum atomic E-state index is 0.644. The van der Waals surface area contributed by atoms with Crippen molar-refractivity contribution in [1.29, 1.82) is 0 Å². The smallest absolute Gasteiger partial charge is 0.247 e. The summed E-state index contributed by atoms with van der Waals surface area (Å²) in [5.41, 5.74) is 3.17. The molecular weight excluding hydrogens is 360 g/mol. The van der Waals surface area contributed by atoms with E-state index in [0.717, 1.165) is 42.5 Å². The Hall–Kier alpha value is -2.86. The molecule has 138 valence electrons. The molecule has 1 aliphatic rings. The molecule has 0 radical (unpaired) electrons. The van der Waals surface area contributed by atoms with E-state index in [9.17, 15) is 0 Å². The van der Waals surface area contributed by atoms with Crippen LogP contribution in [0, 0.1) is 6.92 Å². The molecule has 1 aromatic heterocycles. The molecule has 0 aliphatic carbocycles. The van der Waals surface area contributed by atoms with Crippen LogP contribution < -0.4 is 15.1 Å². The molecule has 1 fully saturated rings. The van der Waals surface area contributed by atoms with Gasteiger partial charge in [0.25, 0.3) is 0 Å². The molecule has 0 amide bonds. The third-order valence-corrected chi connectivity index (χ3v) is 5.08. The van der Waals surface area contributed by atoms with Crippen LogP contribution >= 0.6 is 11.6 Å². The van der Waals surface area contributed by atoms with Gasteiger partial charge in [0.1, 0.15) is 0 Å². The van der Waals surface area contributed by atoms with E-state index in [-0.39, 0.29) is 0 Å². The molecule has 3 aromatic rings. The largest absolute Gasteiger partial charge is 0.368 e. The molecule has 27 heavy (non-hydrogen) atoms. The Balaban J connectivity index is 1.43.